The molecular formula is C23H22N4O5. The van der Waals surface area contributed by atoms with Gasteiger partial charge >= 0.3 is 11.8 Å². The molecule has 9 heteroatoms. The van der Waals surface area contributed by atoms with E-state index in [9.17, 15) is 14.4 Å². The Bertz CT molecular complexity index is 1070. The van der Waals surface area contributed by atoms with E-state index >= 15 is 0 Å². The molecule has 0 unspecified atom stereocenters. The van der Waals surface area contributed by atoms with Crippen molar-refractivity contribution < 1.29 is 23.5 Å². The molecule has 0 aliphatic heterocycles. The standard InChI is InChI=1S/C23H22N4O5/c1-16-4-8-18(9-5-16)26-22(29)23(30)27-25-13-17-6-10-19(11-7-17)32-15-21(28)24-14-20-3-2-12-31-20/h2-13H,14-15H2,1H3,(H,24,28)(H,26,29)(H,27,30)/b25-13-. The lowest BCUT2D eigenvalue weighted by atomic mass is 10.2. The van der Waals surface area contributed by atoms with Crippen LogP contribution in [-0.2, 0) is 20.9 Å². The quantitative estimate of drug-likeness (QED) is 0.285. The third-order valence-electron chi connectivity index (χ3n) is 4.19. The third kappa shape index (κ3) is 7.13. The molecule has 32 heavy (non-hydrogen) atoms. The number of rotatable bonds is 8. The van der Waals surface area contributed by atoms with Gasteiger partial charge in [-0.2, -0.15) is 5.10 Å². The first-order valence-corrected chi connectivity index (χ1v) is 9.72. The van der Waals surface area contributed by atoms with Crippen molar-refractivity contribution in [1.29, 1.82) is 0 Å². The molecule has 0 aliphatic carbocycles. The van der Waals surface area contributed by atoms with Crippen molar-refractivity contribution in [2.24, 2.45) is 5.10 Å². The first-order valence-electron chi connectivity index (χ1n) is 9.72. The lowest BCUT2D eigenvalue weighted by Crippen LogP contribution is -2.32. The lowest BCUT2D eigenvalue weighted by molar-refractivity contribution is -0.136. The average Bonchev–Trinajstić information content (AvgIpc) is 3.32. The number of aryl methyl sites for hydroxylation is 1. The van der Waals surface area contributed by atoms with Crippen LogP contribution < -0.4 is 20.8 Å². The SMILES string of the molecule is Cc1ccc(NC(=O)C(=O)N/N=C\c2ccc(OCC(=O)NCc3ccco3)cc2)cc1. The summed E-state index contributed by atoms with van der Waals surface area (Å²) in [4.78, 5) is 35.5. The Morgan fingerprint density at radius 2 is 1.75 bits per heavy atom. The Morgan fingerprint density at radius 3 is 2.44 bits per heavy atom. The van der Waals surface area contributed by atoms with Crippen molar-refractivity contribution in [3.05, 3.63) is 83.8 Å². The van der Waals surface area contributed by atoms with E-state index in [0.717, 1.165) is 5.56 Å². The van der Waals surface area contributed by atoms with Crippen molar-refractivity contribution in [3.63, 3.8) is 0 Å². The second kappa shape index (κ2) is 11.1. The highest BCUT2D eigenvalue weighted by molar-refractivity contribution is 6.39. The van der Waals surface area contributed by atoms with Gasteiger partial charge in [0.15, 0.2) is 6.61 Å². The summed E-state index contributed by atoms with van der Waals surface area (Å²) in [5.41, 5.74) is 4.40. The van der Waals surface area contributed by atoms with Gasteiger partial charge < -0.3 is 19.8 Å². The predicted molar refractivity (Wildman–Crippen MR) is 118 cm³/mol. The number of ether oxygens (including phenoxy) is 1. The summed E-state index contributed by atoms with van der Waals surface area (Å²) in [5.74, 6) is -0.834. The molecule has 164 valence electrons. The van der Waals surface area contributed by atoms with Crippen LogP contribution in [0.25, 0.3) is 0 Å². The molecule has 0 aliphatic rings. The van der Waals surface area contributed by atoms with Crippen molar-refractivity contribution in [2.75, 3.05) is 11.9 Å². The molecule has 9 nitrogen and oxygen atoms in total. The molecule has 0 radical (unpaired) electrons. The van der Waals surface area contributed by atoms with Crippen molar-refractivity contribution in [2.45, 2.75) is 13.5 Å². The molecule has 0 saturated heterocycles. The number of nitrogens with one attached hydrogen (secondary N) is 3. The maximum Gasteiger partial charge on any atom is 0.329 e. The number of amides is 3. The summed E-state index contributed by atoms with van der Waals surface area (Å²) in [6.07, 6.45) is 2.92. The fourth-order valence-electron chi connectivity index (χ4n) is 2.49. The van der Waals surface area contributed by atoms with Gasteiger partial charge in [0.25, 0.3) is 5.91 Å². The molecule has 3 aromatic rings. The summed E-state index contributed by atoms with van der Waals surface area (Å²) in [7, 11) is 0. The first kappa shape index (κ1) is 22.3. The number of anilines is 1. The lowest BCUT2D eigenvalue weighted by Gasteiger charge is -2.07. The topological polar surface area (TPSA) is 122 Å². The molecule has 1 heterocycles. The van der Waals surface area contributed by atoms with Crippen LogP contribution in [0.5, 0.6) is 5.75 Å². The van der Waals surface area contributed by atoms with Gasteiger partial charge in [-0.05, 0) is 61.0 Å². The zero-order valence-corrected chi connectivity index (χ0v) is 17.3. The Balaban J connectivity index is 1.39. The van der Waals surface area contributed by atoms with Gasteiger partial charge in [0.05, 0.1) is 19.0 Å². The predicted octanol–water partition coefficient (Wildman–Crippen LogP) is 2.37. The van der Waals surface area contributed by atoms with Gasteiger partial charge in [0.2, 0.25) is 0 Å². The van der Waals surface area contributed by atoms with E-state index in [0.29, 0.717) is 29.3 Å². The molecular weight excluding hydrogens is 412 g/mol. The van der Waals surface area contributed by atoms with Crippen LogP contribution in [0, 0.1) is 6.92 Å². The number of nitrogens with zero attached hydrogens (tertiary/aromatic N) is 1. The minimum absolute atomic E-state index is 0.139. The highest BCUT2D eigenvalue weighted by Gasteiger charge is 2.12. The van der Waals surface area contributed by atoms with Crippen LogP contribution in [0.15, 0.2) is 76.4 Å². The zero-order valence-electron chi connectivity index (χ0n) is 17.3. The third-order valence-corrected chi connectivity index (χ3v) is 4.19. The number of benzene rings is 2. The Kier molecular flexibility index (Phi) is 7.74. The second-order valence-corrected chi connectivity index (χ2v) is 6.73. The monoisotopic (exact) mass is 434 g/mol. The highest BCUT2D eigenvalue weighted by Crippen LogP contribution is 2.11. The number of carbonyl (C=O) groups is 3. The van der Waals surface area contributed by atoms with Crippen molar-refractivity contribution in [3.8, 4) is 5.75 Å². The van der Waals surface area contributed by atoms with Gasteiger partial charge in [-0.3, -0.25) is 14.4 Å². The maximum absolute atomic E-state index is 11.9. The van der Waals surface area contributed by atoms with E-state index in [4.69, 9.17) is 9.15 Å². The smallest absolute Gasteiger partial charge is 0.329 e. The number of hydrogen-bond donors (Lipinski definition) is 3. The van der Waals surface area contributed by atoms with Gasteiger partial charge in [0, 0.05) is 5.69 Å². The molecule has 3 N–H and O–H groups in total. The van der Waals surface area contributed by atoms with E-state index in [1.807, 2.05) is 19.1 Å². The van der Waals surface area contributed by atoms with Crippen LogP contribution in [0.4, 0.5) is 5.69 Å². The zero-order chi connectivity index (χ0) is 22.8. The Hall–Kier alpha value is -4.40. The Morgan fingerprint density at radius 1 is 1.00 bits per heavy atom. The van der Waals surface area contributed by atoms with E-state index in [1.165, 1.54) is 12.5 Å². The average molecular weight is 434 g/mol. The molecule has 0 bridgehead atoms. The molecule has 2 aromatic carbocycles. The normalized spacial score (nSPS) is 10.5. The van der Waals surface area contributed by atoms with E-state index in [2.05, 4.69) is 21.2 Å². The summed E-state index contributed by atoms with van der Waals surface area (Å²) in [6.45, 7) is 2.08. The van der Waals surface area contributed by atoms with E-state index in [1.54, 1.807) is 48.5 Å². The van der Waals surface area contributed by atoms with E-state index in [-0.39, 0.29) is 12.5 Å². The second-order valence-electron chi connectivity index (χ2n) is 6.73. The molecule has 0 spiro atoms. The van der Waals surface area contributed by atoms with Crippen molar-refractivity contribution >= 4 is 29.6 Å². The summed E-state index contributed by atoms with van der Waals surface area (Å²) < 4.78 is 10.6. The summed E-state index contributed by atoms with van der Waals surface area (Å²) in [5, 5.41) is 8.94. The molecule has 3 rings (SSSR count). The summed E-state index contributed by atoms with van der Waals surface area (Å²) >= 11 is 0. The van der Waals surface area contributed by atoms with Crippen LogP contribution in [0.3, 0.4) is 0 Å². The van der Waals surface area contributed by atoms with Crippen molar-refractivity contribution in [1.82, 2.24) is 10.7 Å². The number of hydrazone groups is 1. The minimum Gasteiger partial charge on any atom is -0.484 e. The highest BCUT2D eigenvalue weighted by atomic mass is 16.5. The number of carbonyl (C=O) groups excluding carboxylic acids is 3. The van der Waals surface area contributed by atoms with Gasteiger partial charge in [-0.15, -0.1) is 0 Å². The number of hydrogen-bond acceptors (Lipinski definition) is 6. The molecule has 3 amide bonds. The first-order chi connectivity index (χ1) is 15.5. The van der Waals surface area contributed by atoms with Gasteiger partial charge in [0.1, 0.15) is 11.5 Å². The molecule has 0 atom stereocenters. The maximum atomic E-state index is 11.9. The van der Waals surface area contributed by atoms with Crippen LogP contribution in [-0.4, -0.2) is 30.5 Å². The largest absolute Gasteiger partial charge is 0.484 e. The van der Waals surface area contributed by atoms with Crippen LogP contribution in [0.1, 0.15) is 16.9 Å². The van der Waals surface area contributed by atoms with E-state index < -0.39 is 11.8 Å². The minimum atomic E-state index is -0.887. The molecule has 1 aromatic heterocycles. The molecule has 0 fully saturated rings. The van der Waals surface area contributed by atoms with Gasteiger partial charge in [-0.25, -0.2) is 5.43 Å². The Labute approximate surface area is 184 Å². The number of furan rings is 1. The van der Waals surface area contributed by atoms with Crippen LogP contribution in [0.2, 0.25) is 0 Å². The fourth-order valence-corrected chi connectivity index (χ4v) is 2.49. The molecule has 0 saturated carbocycles. The van der Waals surface area contributed by atoms with Gasteiger partial charge in [-0.1, -0.05) is 17.7 Å². The fraction of sp³-hybridized carbons (Fsp3) is 0.130. The van der Waals surface area contributed by atoms with Crippen LogP contribution >= 0.6 is 0 Å². The summed E-state index contributed by atoms with van der Waals surface area (Å²) in [6, 6.07) is 17.3.